The number of aromatic nitrogens is 2. The minimum absolute atomic E-state index is 0.899. The first-order valence-corrected chi connectivity index (χ1v) is 7.72. The molecule has 2 rings (SSSR count). The minimum atomic E-state index is 0.899. The Kier molecular flexibility index (Phi) is 4.65. The molecule has 0 radical (unpaired) electrons. The monoisotopic (exact) mass is 300 g/mol. The van der Waals surface area contributed by atoms with Crippen LogP contribution in [0.15, 0.2) is 15.7 Å². The van der Waals surface area contributed by atoms with Crippen LogP contribution in [0.3, 0.4) is 0 Å². The van der Waals surface area contributed by atoms with Crippen molar-refractivity contribution >= 4 is 27.7 Å². The lowest BCUT2D eigenvalue weighted by Gasteiger charge is -2.08. The smallest absolute Gasteiger partial charge is 0.130 e. The van der Waals surface area contributed by atoms with Gasteiger partial charge in [-0.15, -0.1) is 11.8 Å². The number of halogens is 1. The Morgan fingerprint density at radius 2 is 2.12 bits per heavy atom. The van der Waals surface area contributed by atoms with Gasteiger partial charge in [0.1, 0.15) is 15.5 Å². The Hall–Kier alpha value is -0.0900. The zero-order valence-electron chi connectivity index (χ0n) is 9.58. The summed E-state index contributed by atoms with van der Waals surface area (Å²) in [6.45, 7) is 2.09. The molecule has 1 aliphatic rings. The average molecular weight is 301 g/mol. The zero-order valence-corrected chi connectivity index (χ0v) is 12.0. The van der Waals surface area contributed by atoms with Crippen molar-refractivity contribution in [1.82, 2.24) is 9.97 Å². The van der Waals surface area contributed by atoms with Gasteiger partial charge < -0.3 is 0 Å². The maximum atomic E-state index is 4.53. The largest absolute Gasteiger partial charge is 0.227 e. The first-order chi connectivity index (χ1) is 7.78. The molecule has 16 heavy (non-hydrogen) atoms. The summed E-state index contributed by atoms with van der Waals surface area (Å²) in [6.07, 6.45) is 6.54. The molecule has 0 spiro atoms. The average Bonchev–Trinajstić information content (AvgIpc) is 2.78. The van der Waals surface area contributed by atoms with Crippen molar-refractivity contribution in [3.63, 3.8) is 0 Å². The molecule has 1 heterocycles. The van der Waals surface area contributed by atoms with E-state index in [1.807, 2.05) is 17.8 Å². The van der Waals surface area contributed by atoms with E-state index in [4.69, 9.17) is 0 Å². The summed E-state index contributed by atoms with van der Waals surface area (Å²) in [7, 11) is 0. The molecule has 1 aromatic rings. The van der Waals surface area contributed by atoms with Gasteiger partial charge in [-0.05, 0) is 34.7 Å². The predicted molar refractivity (Wildman–Crippen MR) is 71.8 cm³/mol. The van der Waals surface area contributed by atoms with Crippen LogP contribution in [0.25, 0.3) is 0 Å². The molecule has 1 aromatic heterocycles. The van der Waals surface area contributed by atoms with Gasteiger partial charge in [-0.2, -0.15) is 0 Å². The Morgan fingerprint density at radius 1 is 1.38 bits per heavy atom. The van der Waals surface area contributed by atoms with E-state index in [-0.39, 0.29) is 0 Å². The van der Waals surface area contributed by atoms with Crippen molar-refractivity contribution < 1.29 is 0 Å². The summed E-state index contributed by atoms with van der Waals surface area (Å²) in [5.41, 5.74) is 0. The normalized spacial score (nSPS) is 16.9. The van der Waals surface area contributed by atoms with Crippen LogP contribution in [0.4, 0.5) is 0 Å². The number of nitrogens with zero attached hydrogens (tertiary/aromatic N) is 2. The van der Waals surface area contributed by atoms with Crippen LogP contribution >= 0.6 is 27.7 Å². The van der Waals surface area contributed by atoms with Crippen LogP contribution in [0.2, 0.25) is 0 Å². The summed E-state index contributed by atoms with van der Waals surface area (Å²) >= 11 is 5.32. The fraction of sp³-hybridized carbons (Fsp3) is 0.667. The number of aryl methyl sites for hydroxylation is 1. The van der Waals surface area contributed by atoms with E-state index >= 15 is 0 Å². The van der Waals surface area contributed by atoms with Gasteiger partial charge in [0.25, 0.3) is 0 Å². The summed E-state index contributed by atoms with van der Waals surface area (Å²) in [4.78, 5) is 8.86. The number of rotatable bonds is 4. The summed E-state index contributed by atoms with van der Waals surface area (Å²) in [5, 5.41) is 1.12. The highest BCUT2D eigenvalue weighted by molar-refractivity contribution is 9.10. The van der Waals surface area contributed by atoms with Crippen LogP contribution in [0, 0.1) is 5.92 Å². The molecule has 0 bridgehead atoms. The lowest BCUT2D eigenvalue weighted by atomic mass is 10.1. The van der Waals surface area contributed by atoms with Gasteiger partial charge in [0, 0.05) is 18.2 Å². The predicted octanol–water partition coefficient (Wildman–Crippen LogP) is 4.08. The Labute approximate surface area is 110 Å². The quantitative estimate of drug-likeness (QED) is 0.619. The van der Waals surface area contributed by atoms with Gasteiger partial charge >= 0.3 is 0 Å². The van der Waals surface area contributed by atoms with Crippen LogP contribution in [-0.2, 0) is 6.42 Å². The van der Waals surface area contributed by atoms with E-state index in [2.05, 4.69) is 32.8 Å². The molecule has 4 heteroatoms. The molecule has 0 amide bonds. The summed E-state index contributed by atoms with van der Waals surface area (Å²) < 4.78 is 0.910. The van der Waals surface area contributed by atoms with Gasteiger partial charge in [0.2, 0.25) is 0 Å². The number of hydrogen-bond acceptors (Lipinski definition) is 3. The molecular formula is C12H17BrN2S. The van der Waals surface area contributed by atoms with Crippen LogP contribution in [0.1, 0.15) is 38.4 Å². The Balaban J connectivity index is 1.94. The van der Waals surface area contributed by atoms with E-state index in [0.29, 0.717) is 0 Å². The van der Waals surface area contributed by atoms with E-state index < -0.39 is 0 Å². The Morgan fingerprint density at radius 3 is 2.81 bits per heavy atom. The van der Waals surface area contributed by atoms with Gasteiger partial charge in [-0.25, -0.2) is 9.97 Å². The molecule has 0 saturated heterocycles. The van der Waals surface area contributed by atoms with Crippen molar-refractivity contribution in [3.05, 3.63) is 16.5 Å². The molecule has 1 saturated carbocycles. The van der Waals surface area contributed by atoms with Crippen molar-refractivity contribution in [3.8, 4) is 0 Å². The van der Waals surface area contributed by atoms with E-state index in [1.165, 1.54) is 31.4 Å². The van der Waals surface area contributed by atoms with Crippen LogP contribution in [0.5, 0.6) is 0 Å². The minimum Gasteiger partial charge on any atom is -0.227 e. The highest BCUT2D eigenvalue weighted by Crippen LogP contribution is 2.30. The summed E-state index contributed by atoms with van der Waals surface area (Å²) in [5.74, 6) is 3.05. The van der Waals surface area contributed by atoms with Crippen LogP contribution < -0.4 is 0 Å². The molecule has 1 fully saturated rings. The van der Waals surface area contributed by atoms with Gasteiger partial charge in [0.05, 0.1) is 0 Å². The maximum Gasteiger partial charge on any atom is 0.130 e. The topological polar surface area (TPSA) is 25.8 Å². The first-order valence-electron chi connectivity index (χ1n) is 5.94. The SMILES string of the molecule is CCc1nc(Br)cc(SCC2CCCC2)n1. The van der Waals surface area contributed by atoms with Crippen molar-refractivity contribution in [2.24, 2.45) is 5.92 Å². The van der Waals surface area contributed by atoms with Crippen molar-refractivity contribution in [1.29, 1.82) is 0 Å². The standard InChI is InChI=1S/C12H17BrN2S/c1-2-11-14-10(13)7-12(15-11)16-8-9-5-3-4-6-9/h7,9H,2-6,8H2,1H3. The molecule has 2 nitrogen and oxygen atoms in total. The number of thioether (sulfide) groups is 1. The molecule has 0 atom stereocenters. The second-order valence-electron chi connectivity index (χ2n) is 4.26. The van der Waals surface area contributed by atoms with Gasteiger partial charge in [0.15, 0.2) is 0 Å². The van der Waals surface area contributed by atoms with Gasteiger partial charge in [-0.3, -0.25) is 0 Å². The summed E-state index contributed by atoms with van der Waals surface area (Å²) in [6, 6.07) is 2.03. The fourth-order valence-electron chi connectivity index (χ4n) is 2.05. The molecule has 0 aromatic carbocycles. The lowest BCUT2D eigenvalue weighted by Crippen LogP contribution is -1.99. The molecule has 0 aliphatic heterocycles. The molecular weight excluding hydrogens is 284 g/mol. The van der Waals surface area contributed by atoms with Crippen molar-refractivity contribution in [2.45, 2.75) is 44.1 Å². The molecule has 1 aliphatic carbocycles. The third-order valence-corrected chi connectivity index (χ3v) is 4.52. The van der Waals surface area contributed by atoms with Gasteiger partial charge in [-0.1, -0.05) is 19.8 Å². The Bertz CT molecular complexity index is 351. The maximum absolute atomic E-state index is 4.53. The van der Waals surface area contributed by atoms with E-state index in [0.717, 1.165) is 27.8 Å². The highest BCUT2D eigenvalue weighted by Gasteiger charge is 2.15. The highest BCUT2D eigenvalue weighted by atomic mass is 79.9. The zero-order chi connectivity index (χ0) is 11.4. The second-order valence-corrected chi connectivity index (χ2v) is 6.11. The second kappa shape index (κ2) is 6.01. The van der Waals surface area contributed by atoms with E-state index in [1.54, 1.807) is 0 Å². The third-order valence-electron chi connectivity index (χ3n) is 2.98. The van der Waals surface area contributed by atoms with E-state index in [9.17, 15) is 0 Å². The fourth-order valence-corrected chi connectivity index (χ4v) is 3.73. The third kappa shape index (κ3) is 3.45. The van der Waals surface area contributed by atoms with Crippen molar-refractivity contribution in [2.75, 3.05) is 5.75 Å². The molecule has 88 valence electrons. The lowest BCUT2D eigenvalue weighted by molar-refractivity contribution is 0.622. The molecule has 0 unspecified atom stereocenters. The molecule has 0 N–H and O–H groups in total. The van der Waals surface area contributed by atoms with Crippen LogP contribution in [-0.4, -0.2) is 15.7 Å². The first kappa shape index (κ1) is 12.4. The number of hydrogen-bond donors (Lipinski definition) is 0.